The van der Waals surface area contributed by atoms with Crippen molar-refractivity contribution >= 4 is 22.5 Å². The second-order valence-corrected chi connectivity index (χ2v) is 5.22. The average molecular weight is 284 g/mol. The third kappa shape index (κ3) is 2.28. The van der Waals surface area contributed by atoms with Gasteiger partial charge < -0.3 is 5.11 Å². The molecule has 0 saturated heterocycles. The molecule has 1 aromatic heterocycles. The third-order valence-electron chi connectivity index (χ3n) is 3.55. The number of nitrogens with zero attached hydrogens (tertiary/aromatic N) is 1. The smallest absolute Gasteiger partial charge is 0.104 e. The molecule has 2 aromatic carbocycles. The summed E-state index contributed by atoms with van der Waals surface area (Å²) in [6.07, 6.45) is 1.08. The zero-order valence-electron chi connectivity index (χ0n) is 11.0. The Hall–Kier alpha value is -1.90. The van der Waals surface area contributed by atoms with Crippen molar-refractivity contribution in [3.05, 3.63) is 76.4 Å². The van der Waals surface area contributed by atoms with Gasteiger partial charge in [0.1, 0.15) is 6.10 Å². The van der Waals surface area contributed by atoms with Crippen LogP contribution in [0.2, 0.25) is 5.02 Å². The van der Waals surface area contributed by atoms with Crippen LogP contribution in [0.1, 0.15) is 22.8 Å². The number of aromatic nitrogens is 1. The first kappa shape index (κ1) is 13.1. The van der Waals surface area contributed by atoms with Crippen LogP contribution in [0.5, 0.6) is 0 Å². The Kier molecular flexibility index (Phi) is 3.43. The lowest BCUT2D eigenvalue weighted by Crippen LogP contribution is -2.02. The molecule has 20 heavy (non-hydrogen) atoms. The number of pyridine rings is 1. The predicted octanol–water partition coefficient (Wildman–Crippen LogP) is 4.28. The van der Waals surface area contributed by atoms with Crippen LogP contribution in [0.4, 0.5) is 0 Å². The Balaban J connectivity index is 2.08. The Morgan fingerprint density at radius 2 is 1.95 bits per heavy atom. The number of aliphatic hydroxyl groups excluding tert-OH is 1. The number of rotatable bonds is 2. The first-order chi connectivity index (χ1) is 9.66. The van der Waals surface area contributed by atoms with Gasteiger partial charge in [-0.1, -0.05) is 35.9 Å². The molecule has 0 spiro atoms. The van der Waals surface area contributed by atoms with Crippen molar-refractivity contribution in [3.8, 4) is 0 Å². The van der Waals surface area contributed by atoms with Crippen molar-refractivity contribution in [1.82, 2.24) is 4.98 Å². The van der Waals surface area contributed by atoms with E-state index in [4.69, 9.17) is 11.6 Å². The SMILES string of the molecule is Cc1c(Cl)cccc1C(O)c1ccc2ncccc2c1. The summed E-state index contributed by atoms with van der Waals surface area (Å²) >= 11 is 6.12. The molecule has 0 amide bonds. The van der Waals surface area contributed by atoms with Gasteiger partial charge in [-0.15, -0.1) is 0 Å². The third-order valence-corrected chi connectivity index (χ3v) is 3.96. The number of fused-ring (bicyclic) bond motifs is 1. The van der Waals surface area contributed by atoms with Crippen molar-refractivity contribution in [1.29, 1.82) is 0 Å². The zero-order chi connectivity index (χ0) is 14.1. The molecule has 0 radical (unpaired) electrons. The Bertz CT molecular complexity index is 770. The lowest BCUT2D eigenvalue weighted by atomic mass is 9.96. The normalized spacial score (nSPS) is 12.6. The largest absolute Gasteiger partial charge is 0.384 e. The van der Waals surface area contributed by atoms with Crippen LogP contribution in [0.3, 0.4) is 0 Å². The van der Waals surface area contributed by atoms with E-state index in [1.165, 1.54) is 0 Å². The molecule has 100 valence electrons. The van der Waals surface area contributed by atoms with Gasteiger partial charge in [-0.3, -0.25) is 4.98 Å². The molecule has 3 heteroatoms. The number of hydrogen-bond acceptors (Lipinski definition) is 2. The molecule has 0 saturated carbocycles. The quantitative estimate of drug-likeness (QED) is 0.761. The lowest BCUT2D eigenvalue weighted by molar-refractivity contribution is 0.219. The molecule has 3 rings (SSSR count). The molecule has 1 unspecified atom stereocenters. The van der Waals surface area contributed by atoms with E-state index >= 15 is 0 Å². The van der Waals surface area contributed by atoms with Crippen molar-refractivity contribution in [3.63, 3.8) is 0 Å². The average Bonchev–Trinajstić information content (AvgIpc) is 2.49. The minimum Gasteiger partial charge on any atom is -0.384 e. The Labute approximate surface area is 122 Å². The van der Waals surface area contributed by atoms with Crippen LogP contribution in [0, 0.1) is 6.92 Å². The first-order valence-corrected chi connectivity index (χ1v) is 6.82. The molecule has 2 nitrogen and oxygen atoms in total. The fourth-order valence-electron chi connectivity index (χ4n) is 2.36. The highest BCUT2D eigenvalue weighted by atomic mass is 35.5. The van der Waals surface area contributed by atoms with Crippen LogP contribution >= 0.6 is 11.6 Å². The number of aliphatic hydroxyl groups is 1. The van der Waals surface area contributed by atoms with Crippen LogP contribution in [0.25, 0.3) is 10.9 Å². The van der Waals surface area contributed by atoms with E-state index < -0.39 is 6.10 Å². The summed E-state index contributed by atoms with van der Waals surface area (Å²) in [5, 5.41) is 12.3. The van der Waals surface area contributed by atoms with Gasteiger partial charge in [0.05, 0.1) is 5.52 Å². The van der Waals surface area contributed by atoms with E-state index in [1.807, 2.05) is 55.5 Å². The molecule has 3 aromatic rings. The van der Waals surface area contributed by atoms with Crippen LogP contribution < -0.4 is 0 Å². The highest BCUT2D eigenvalue weighted by Crippen LogP contribution is 2.29. The molecule has 1 atom stereocenters. The Morgan fingerprint density at radius 1 is 1.10 bits per heavy atom. The first-order valence-electron chi connectivity index (χ1n) is 6.44. The van der Waals surface area contributed by atoms with E-state index in [1.54, 1.807) is 6.20 Å². The summed E-state index contributed by atoms with van der Waals surface area (Å²) in [5.74, 6) is 0. The molecule has 0 aliphatic rings. The topological polar surface area (TPSA) is 33.1 Å². The summed E-state index contributed by atoms with van der Waals surface area (Å²) in [7, 11) is 0. The van der Waals surface area contributed by atoms with Crippen molar-refractivity contribution in [2.75, 3.05) is 0 Å². The van der Waals surface area contributed by atoms with Gasteiger partial charge >= 0.3 is 0 Å². The standard InChI is InChI=1S/C17H14ClNO/c1-11-14(5-2-6-15(11)18)17(20)13-7-8-16-12(10-13)4-3-9-19-16/h2-10,17,20H,1H3. The second-order valence-electron chi connectivity index (χ2n) is 4.81. The van der Waals surface area contributed by atoms with Crippen LogP contribution in [-0.4, -0.2) is 10.1 Å². The maximum Gasteiger partial charge on any atom is 0.104 e. The summed E-state index contributed by atoms with van der Waals surface area (Å²) in [4.78, 5) is 4.28. The predicted molar refractivity (Wildman–Crippen MR) is 82.0 cm³/mol. The van der Waals surface area contributed by atoms with E-state index in [0.717, 1.165) is 27.6 Å². The van der Waals surface area contributed by atoms with Crippen molar-refractivity contribution < 1.29 is 5.11 Å². The fourth-order valence-corrected chi connectivity index (χ4v) is 2.55. The van der Waals surface area contributed by atoms with E-state index in [0.29, 0.717) is 5.02 Å². The molecular weight excluding hydrogens is 270 g/mol. The summed E-state index contributed by atoms with van der Waals surface area (Å²) in [6.45, 7) is 1.92. The highest BCUT2D eigenvalue weighted by molar-refractivity contribution is 6.31. The molecule has 1 heterocycles. The van der Waals surface area contributed by atoms with Crippen LogP contribution in [0.15, 0.2) is 54.7 Å². The molecular formula is C17H14ClNO. The minimum atomic E-state index is -0.682. The van der Waals surface area contributed by atoms with E-state index in [9.17, 15) is 5.11 Å². The van der Waals surface area contributed by atoms with E-state index in [-0.39, 0.29) is 0 Å². The fraction of sp³-hybridized carbons (Fsp3) is 0.118. The summed E-state index contributed by atoms with van der Waals surface area (Å²) < 4.78 is 0. The maximum absolute atomic E-state index is 10.6. The molecule has 0 aliphatic heterocycles. The zero-order valence-corrected chi connectivity index (χ0v) is 11.8. The number of benzene rings is 2. The molecule has 0 fully saturated rings. The minimum absolute atomic E-state index is 0.670. The summed E-state index contributed by atoms with van der Waals surface area (Å²) in [5.41, 5.74) is 3.51. The second kappa shape index (κ2) is 5.23. The van der Waals surface area contributed by atoms with Gasteiger partial charge in [-0.2, -0.15) is 0 Å². The number of halogens is 1. The lowest BCUT2D eigenvalue weighted by Gasteiger charge is -2.15. The molecule has 0 aliphatic carbocycles. The van der Waals surface area contributed by atoms with Gasteiger partial charge in [-0.05, 0) is 47.9 Å². The van der Waals surface area contributed by atoms with Gasteiger partial charge in [0, 0.05) is 16.6 Å². The Morgan fingerprint density at radius 3 is 2.80 bits per heavy atom. The van der Waals surface area contributed by atoms with Gasteiger partial charge in [0.15, 0.2) is 0 Å². The van der Waals surface area contributed by atoms with Gasteiger partial charge in [-0.25, -0.2) is 0 Å². The molecule has 1 N–H and O–H groups in total. The van der Waals surface area contributed by atoms with Gasteiger partial charge in [0.25, 0.3) is 0 Å². The van der Waals surface area contributed by atoms with Crippen molar-refractivity contribution in [2.24, 2.45) is 0 Å². The monoisotopic (exact) mass is 283 g/mol. The summed E-state index contributed by atoms with van der Waals surface area (Å²) in [6, 6.07) is 15.3. The van der Waals surface area contributed by atoms with Gasteiger partial charge in [0.2, 0.25) is 0 Å². The van der Waals surface area contributed by atoms with E-state index in [2.05, 4.69) is 4.98 Å². The molecule has 0 bridgehead atoms. The number of hydrogen-bond donors (Lipinski definition) is 1. The highest BCUT2D eigenvalue weighted by Gasteiger charge is 2.14. The van der Waals surface area contributed by atoms with Crippen molar-refractivity contribution in [2.45, 2.75) is 13.0 Å². The van der Waals surface area contributed by atoms with Crippen LogP contribution in [-0.2, 0) is 0 Å². The maximum atomic E-state index is 10.6.